The minimum absolute atomic E-state index is 0.224. The van der Waals surface area contributed by atoms with Crippen molar-refractivity contribution in [2.45, 2.75) is 13.8 Å². The Kier molecular flexibility index (Phi) is 1.70. The highest BCUT2D eigenvalue weighted by Crippen LogP contribution is 2.72. The summed E-state index contributed by atoms with van der Waals surface area (Å²) in [7, 11) is 0. The van der Waals surface area contributed by atoms with Crippen LogP contribution >= 0.6 is 0 Å². The maximum Gasteiger partial charge on any atom is 0.0172 e. The third-order valence-electron chi connectivity index (χ3n) is 7.98. The summed E-state index contributed by atoms with van der Waals surface area (Å²) in [6.45, 7) is 5.03. The molecule has 0 aromatic carbocycles. The van der Waals surface area contributed by atoms with Crippen molar-refractivity contribution in [3.8, 4) is 0 Å². The lowest BCUT2D eigenvalue weighted by atomic mass is 9.71. The predicted octanol–water partition coefficient (Wildman–Crippen LogP) is 4.86. The zero-order chi connectivity index (χ0) is 15.1. The van der Waals surface area contributed by atoms with E-state index < -0.39 is 0 Å². The smallest absolute Gasteiger partial charge is 0.0172 e. The molecule has 114 valence electrons. The molecule has 4 unspecified atom stereocenters. The third kappa shape index (κ3) is 1.13. The summed E-state index contributed by atoms with van der Waals surface area (Å²) in [5.41, 5.74) is 7.41. The summed E-state index contributed by atoms with van der Waals surface area (Å²) >= 11 is 0. The van der Waals surface area contributed by atoms with Gasteiger partial charge in [-0.2, -0.15) is 0 Å². The van der Waals surface area contributed by atoms with Gasteiger partial charge < -0.3 is 0 Å². The lowest BCUT2D eigenvalue weighted by Crippen LogP contribution is -2.23. The van der Waals surface area contributed by atoms with Gasteiger partial charge in [0.25, 0.3) is 0 Å². The molecule has 0 aromatic rings. The van der Waals surface area contributed by atoms with E-state index in [0.29, 0.717) is 11.8 Å². The Bertz CT molecular complexity index is 742. The van der Waals surface area contributed by atoms with Crippen LogP contribution in [0.3, 0.4) is 0 Å². The minimum Gasteiger partial charge on any atom is -0.0833 e. The molecule has 0 aromatic heterocycles. The van der Waals surface area contributed by atoms with E-state index in [0.717, 1.165) is 35.5 Å². The van der Waals surface area contributed by atoms with E-state index in [1.54, 1.807) is 11.1 Å². The highest BCUT2D eigenvalue weighted by atomic mass is 14.7. The molecule has 9 rings (SSSR count). The summed E-state index contributed by atoms with van der Waals surface area (Å²) in [6, 6.07) is 0. The molecular formula is C23H22. The molecule has 2 fully saturated rings. The molecule has 0 aliphatic heterocycles. The Morgan fingerprint density at radius 3 is 1.26 bits per heavy atom. The monoisotopic (exact) mass is 298 g/mol. The van der Waals surface area contributed by atoms with Crippen molar-refractivity contribution in [3.05, 3.63) is 70.9 Å². The van der Waals surface area contributed by atoms with Gasteiger partial charge in [-0.05, 0) is 57.8 Å². The maximum atomic E-state index is 2.54. The minimum atomic E-state index is 0.224. The first-order chi connectivity index (χ1) is 11.2. The molecular weight excluding hydrogens is 276 g/mol. The van der Waals surface area contributed by atoms with E-state index >= 15 is 0 Å². The van der Waals surface area contributed by atoms with Gasteiger partial charge in [0.1, 0.15) is 0 Å². The molecule has 0 spiro atoms. The fourth-order valence-corrected chi connectivity index (χ4v) is 7.00. The second kappa shape index (κ2) is 3.29. The molecule has 0 amide bonds. The molecule has 0 nitrogen and oxygen atoms in total. The van der Waals surface area contributed by atoms with Crippen molar-refractivity contribution in [3.63, 3.8) is 0 Å². The van der Waals surface area contributed by atoms with Crippen molar-refractivity contribution in [2.75, 3.05) is 0 Å². The summed E-state index contributed by atoms with van der Waals surface area (Å²) in [5.74, 6) is 5.89. The Morgan fingerprint density at radius 1 is 0.565 bits per heavy atom. The van der Waals surface area contributed by atoms with Crippen LogP contribution in [0.1, 0.15) is 13.8 Å². The van der Waals surface area contributed by atoms with Gasteiger partial charge in [-0.15, -0.1) is 0 Å². The van der Waals surface area contributed by atoms with Gasteiger partial charge in [0.05, 0.1) is 0 Å². The standard InChI is InChI=1S/C23H22/c1-23(2)21-11-3-7-13-14(8-4-11)17(13)19(21)20-18-15-9-5-12(22(20)23)6-10-16(15)18/h3-18H,1-2H3. The van der Waals surface area contributed by atoms with Crippen LogP contribution in [0.4, 0.5) is 0 Å². The van der Waals surface area contributed by atoms with Crippen molar-refractivity contribution >= 4 is 0 Å². The van der Waals surface area contributed by atoms with Crippen molar-refractivity contribution in [2.24, 2.45) is 52.8 Å². The first kappa shape index (κ1) is 11.9. The van der Waals surface area contributed by atoms with Crippen molar-refractivity contribution in [1.29, 1.82) is 0 Å². The fraction of sp³-hybridized carbons (Fsp3) is 0.478. The molecule has 0 N–H and O–H groups in total. The summed E-state index contributed by atoms with van der Waals surface area (Å²) in [5, 5.41) is 0. The topological polar surface area (TPSA) is 0 Å². The van der Waals surface area contributed by atoms with E-state index in [-0.39, 0.29) is 5.41 Å². The van der Waals surface area contributed by atoms with Crippen LogP contribution in [0.2, 0.25) is 0 Å². The Hall–Kier alpha value is -1.56. The second-order valence-electron chi connectivity index (χ2n) is 9.23. The van der Waals surface area contributed by atoms with E-state index in [1.165, 1.54) is 0 Å². The van der Waals surface area contributed by atoms with E-state index in [1.807, 2.05) is 11.1 Å². The average Bonchev–Trinajstić information content (AvgIpc) is 3.35. The van der Waals surface area contributed by atoms with Crippen LogP contribution in [0.25, 0.3) is 0 Å². The highest BCUT2D eigenvalue weighted by molar-refractivity contribution is 5.66. The van der Waals surface area contributed by atoms with Gasteiger partial charge in [0.2, 0.25) is 0 Å². The van der Waals surface area contributed by atoms with Crippen molar-refractivity contribution in [1.82, 2.24) is 0 Å². The molecule has 0 radical (unpaired) electrons. The SMILES string of the molecule is CC1(C)C2=C(C3=C1C1C=CC4C(C=C1)C34)C1C3C=CC2C=CC31. The zero-order valence-electron chi connectivity index (χ0n) is 13.7. The first-order valence-electron chi connectivity index (χ1n) is 9.40. The van der Waals surface area contributed by atoms with Gasteiger partial charge in [-0.1, -0.05) is 62.5 Å². The number of hydrogen-bond acceptors (Lipinski definition) is 0. The van der Waals surface area contributed by atoms with Gasteiger partial charge in [0.15, 0.2) is 0 Å². The van der Waals surface area contributed by atoms with Crippen LogP contribution in [-0.2, 0) is 0 Å². The van der Waals surface area contributed by atoms with E-state index in [2.05, 4.69) is 62.5 Å². The molecule has 8 bridgehead atoms. The molecule has 0 heterocycles. The van der Waals surface area contributed by atoms with Crippen molar-refractivity contribution < 1.29 is 0 Å². The number of hydrogen-bond donors (Lipinski definition) is 0. The summed E-state index contributed by atoms with van der Waals surface area (Å²) in [6.07, 6.45) is 20.2. The van der Waals surface area contributed by atoms with E-state index in [4.69, 9.17) is 0 Å². The van der Waals surface area contributed by atoms with Crippen LogP contribution in [0.5, 0.6) is 0 Å². The van der Waals surface area contributed by atoms with E-state index in [9.17, 15) is 0 Å². The third-order valence-corrected chi connectivity index (χ3v) is 7.98. The summed E-state index contributed by atoms with van der Waals surface area (Å²) < 4.78 is 0. The quantitative estimate of drug-likeness (QED) is 0.560. The molecule has 0 heteroatoms. The average molecular weight is 298 g/mol. The van der Waals surface area contributed by atoms with Crippen LogP contribution < -0.4 is 0 Å². The molecule has 0 saturated heterocycles. The number of rotatable bonds is 0. The van der Waals surface area contributed by atoms with Gasteiger partial charge in [-0.25, -0.2) is 0 Å². The number of allylic oxidation sites excluding steroid dienone is 12. The molecule has 23 heavy (non-hydrogen) atoms. The Morgan fingerprint density at radius 2 is 0.913 bits per heavy atom. The van der Waals surface area contributed by atoms with Gasteiger partial charge >= 0.3 is 0 Å². The largest absolute Gasteiger partial charge is 0.0833 e. The molecule has 2 saturated carbocycles. The van der Waals surface area contributed by atoms with Crippen LogP contribution in [0.15, 0.2) is 70.9 Å². The van der Waals surface area contributed by atoms with Gasteiger partial charge in [0, 0.05) is 17.3 Å². The Labute approximate surface area is 138 Å². The predicted molar refractivity (Wildman–Crippen MR) is 92.3 cm³/mol. The molecule has 9 aliphatic rings. The maximum absolute atomic E-state index is 2.54. The zero-order valence-corrected chi connectivity index (χ0v) is 13.7. The molecule has 9 aliphatic carbocycles. The lowest BCUT2D eigenvalue weighted by molar-refractivity contribution is 0.485. The van der Waals surface area contributed by atoms with Crippen LogP contribution in [-0.4, -0.2) is 0 Å². The second-order valence-corrected chi connectivity index (χ2v) is 9.23. The summed E-state index contributed by atoms with van der Waals surface area (Å²) in [4.78, 5) is 0. The highest BCUT2D eigenvalue weighted by Gasteiger charge is 2.63. The van der Waals surface area contributed by atoms with Gasteiger partial charge in [-0.3, -0.25) is 0 Å². The normalized spacial score (nSPS) is 53.8. The fourth-order valence-electron chi connectivity index (χ4n) is 7.00. The lowest BCUT2D eigenvalue weighted by Gasteiger charge is -2.33. The Balaban J connectivity index is 1.54. The first-order valence-corrected chi connectivity index (χ1v) is 9.40. The molecule has 4 atom stereocenters. The van der Waals surface area contributed by atoms with Crippen LogP contribution in [0, 0.1) is 52.8 Å².